The number of rotatable bonds is 3. The maximum absolute atomic E-state index is 10.9. The van der Waals surface area contributed by atoms with E-state index in [1.165, 1.54) is 12.8 Å². The Kier molecular flexibility index (Phi) is 3.77. The van der Waals surface area contributed by atoms with E-state index in [0.717, 1.165) is 12.8 Å². The Morgan fingerprint density at radius 3 is 2.64 bits per heavy atom. The lowest BCUT2D eigenvalue weighted by Gasteiger charge is -2.09. The minimum Gasteiger partial charge on any atom is -0.462 e. The van der Waals surface area contributed by atoms with E-state index in [4.69, 9.17) is 4.74 Å². The van der Waals surface area contributed by atoms with Crippen molar-refractivity contribution in [2.45, 2.75) is 38.2 Å². The van der Waals surface area contributed by atoms with Crippen LogP contribution in [-0.2, 0) is 9.53 Å². The predicted molar refractivity (Wildman–Crippen MR) is 46.8 cm³/mol. The van der Waals surface area contributed by atoms with Crippen LogP contribution in [0.25, 0.3) is 0 Å². The number of hydrogen-bond donors (Lipinski definition) is 1. The molecule has 2 nitrogen and oxygen atoms in total. The van der Waals surface area contributed by atoms with Crippen molar-refractivity contribution < 1.29 is 9.53 Å². The van der Waals surface area contributed by atoms with Crippen molar-refractivity contribution in [3.8, 4) is 0 Å². The Bertz CT molecular complexity index is 130. The van der Waals surface area contributed by atoms with Crippen molar-refractivity contribution in [3.05, 3.63) is 0 Å². The van der Waals surface area contributed by atoms with Crippen LogP contribution in [0.5, 0.6) is 0 Å². The number of carbonyl (C=O) groups excluding carboxylic acids is 1. The molecule has 1 saturated carbocycles. The Morgan fingerprint density at radius 1 is 1.45 bits per heavy atom. The van der Waals surface area contributed by atoms with Crippen molar-refractivity contribution in [3.63, 3.8) is 0 Å². The zero-order valence-electron chi connectivity index (χ0n) is 6.58. The normalized spacial score (nSPS) is 18.6. The van der Waals surface area contributed by atoms with Gasteiger partial charge in [0.2, 0.25) is 0 Å². The van der Waals surface area contributed by atoms with Gasteiger partial charge in [-0.1, -0.05) is 0 Å². The summed E-state index contributed by atoms with van der Waals surface area (Å²) in [5.74, 6) is 0.498. The monoisotopic (exact) mass is 174 g/mol. The highest BCUT2D eigenvalue weighted by atomic mass is 32.1. The molecule has 0 radical (unpaired) electrons. The van der Waals surface area contributed by atoms with Crippen LogP contribution in [0.3, 0.4) is 0 Å². The Labute approximate surface area is 72.7 Å². The fraction of sp³-hybridized carbons (Fsp3) is 0.875. The van der Waals surface area contributed by atoms with Crippen LogP contribution in [-0.4, -0.2) is 17.8 Å². The Hall–Kier alpha value is -0.180. The molecule has 0 aromatic carbocycles. The van der Waals surface area contributed by atoms with Crippen LogP contribution < -0.4 is 0 Å². The molecule has 3 heteroatoms. The molecule has 0 atom stereocenters. The van der Waals surface area contributed by atoms with Crippen LogP contribution in [0.4, 0.5) is 0 Å². The molecule has 1 fully saturated rings. The van der Waals surface area contributed by atoms with Gasteiger partial charge in [0.1, 0.15) is 6.10 Å². The van der Waals surface area contributed by atoms with E-state index in [0.29, 0.717) is 12.2 Å². The van der Waals surface area contributed by atoms with Crippen molar-refractivity contribution in [2.24, 2.45) is 0 Å². The molecule has 1 rings (SSSR count). The highest BCUT2D eigenvalue weighted by Gasteiger charge is 2.18. The van der Waals surface area contributed by atoms with Gasteiger partial charge in [-0.05, 0) is 25.7 Å². The maximum Gasteiger partial charge on any atom is 0.306 e. The van der Waals surface area contributed by atoms with E-state index in [2.05, 4.69) is 12.6 Å². The Morgan fingerprint density at radius 2 is 2.09 bits per heavy atom. The molecule has 1 aliphatic carbocycles. The van der Waals surface area contributed by atoms with E-state index >= 15 is 0 Å². The quantitative estimate of drug-likeness (QED) is 0.521. The first-order valence-corrected chi connectivity index (χ1v) is 4.76. The van der Waals surface area contributed by atoms with Crippen LogP contribution in [0.15, 0.2) is 0 Å². The first-order chi connectivity index (χ1) is 5.33. The maximum atomic E-state index is 10.9. The van der Waals surface area contributed by atoms with E-state index in [1.54, 1.807) is 0 Å². The van der Waals surface area contributed by atoms with Crippen molar-refractivity contribution in [2.75, 3.05) is 5.75 Å². The van der Waals surface area contributed by atoms with Gasteiger partial charge in [0.15, 0.2) is 0 Å². The van der Waals surface area contributed by atoms with Crippen LogP contribution in [0.2, 0.25) is 0 Å². The van der Waals surface area contributed by atoms with Crippen LogP contribution in [0, 0.1) is 0 Å². The van der Waals surface area contributed by atoms with Crippen molar-refractivity contribution in [1.82, 2.24) is 0 Å². The summed E-state index contributed by atoms with van der Waals surface area (Å²) in [5, 5.41) is 0. The summed E-state index contributed by atoms with van der Waals surface area (Å²) in [5.41, 5.74) is 0. The average molecular weight is 174 g/mol. The molecule has 0 unspecified atom stereocenters. The fourth-order valence-corrected chi connectivity index (χ4v) is 1.52. The van der Waals surface area contributed by atoms with Gasteiger partial charge in [-0.2, -0.15) is 12.6 Å². The summed E-state index contributed by atoms with van der Waals surface area (Å²) in [6, 6.07) is 0. The summed E-state index contributed by atoms with van der Waals surface area (Å²) >= 11 is 3.96. The number of hydrogen-bond acceptors (Lipinski definition) is 3. The molecule has 0 N–H and O–H groups in total. The second-order valence-electron chi connectivity index (χ2n) is 2.87. The second kappa shape index (κ2) is 4.65. The summed E-state index contributed by atoms with van der Waals surface area (Å²) in [6.45, 7) is 0. The molecule has 0 spiro atoms. The second-order valence-corrected chi connectivity index (χ2v) is 3.32. The lowest BCUT2D eigenvalue weighted by Crippen LogP contribution is -2.14. The molecule has 0 saturated heterocycles. The third-order valence-corrected chi connectivity index (χ3v) is 2.14. The molecule has 0 heterocycles. The van der Waals surface area contributed by atoms with Gasteiger partial charge < -0.3 is 4.74 Å². The molecule has 11 heavy (non-hydrogen) atoms. The van der Waals surface area contributed by atoms with Gasteiger partial charge in [0.05, 0.1) is 6.42 Å². The van der Waals surface area contributed by atoms with Gasteiger partial charge in [0, 0.05) is 5.75 Å². The first-order valence-electron chi connectivity index (χ1n) is 4.13. The topological polar surface area (TPSA) is 26.3 Å². The molecule has 0 amide bonds. The fourth-order valence-electron chi connectivity index (χ4n) is 1.34. The minimum absolute atomic E-state index is 0.0908. The number of thiol groups is 1. The molecule has 0 aromatic rings. The number of esters is 1. The van der Waals surface area contributed by atoms with Gasteiger partial charge in [-0.3, -0.25) is 4.79 Å². The van der Waals surface area contributed by atoms with Gasteiger partial charge in [-0.25, -0.2) is 0 Å². The van der Waals surface area contributed by atoms with E-state index in [1.807, 2.05) is 0 Å². The summed E-state index contributed by atoms with van der Waals surface area (Å²) in [4.78, 5) is 10.9. The zero-order chi connectivity index (χ0) is 8.10. The molecule has 0 aromatic heterocycles. The predicted octanol–water partition coefficient (Wildman–Crippen LogP) is 1.79. The summed E-state index contributed by atoms with van der Waals surface area (Å²) in [6.07, 6.45) is 5.18. The molecule has 0 aliphatic heterocycles. The highest BCUT2D eigenvalue weighted by molar-refractivity contribution is 7.80. The third kappa shape index (κ3) is 3.14. The van der Waals surface area contributed by atoms with Gasteiger partial charge in [0.25, 0.3) is 0 Å². The Balaban J connectivity index is 2.13. The van der Waals surface area contributed by atoms with Crippen LogP contribution in [0.1, 0.15) is 32.1 Å². The van der Waals surface area contributed by atoms with Crippen LogP contribution >= 0.6 is 12.6 Å². The van der Waals surface area contributed by atoms with Gasteiger partial charge >= 0.3 is 5.97 Å². The average Bonchev–Trinajstić information content (AvgIpc) is 2.40. The standard InChI is InChI=1S/C8H14O2S/c9-8(5-6-11)10-7-3-1-2-4-7/h7,11H,1-6H2. The SMILES string of the molecule is O=C(CCS)OC1CCCC1. The number of carbonyl (C=O) groups is 1. The molecular weight excluding hydrogens is 160 g/mol. The lowest BCUT2D eigenvalue weighted by atomic mass is 10.3. The van der Waals surface area contributed by atoms with Crippen molar-refractivity contribution >= 4 is 18.6 Å². The van der Waals surface area contributed by atoms with E-state index < -0.39 is 0 Å². The third-order valence-electron chi connectivity index (χ3n) is 1.92. The zero-order valence-corrected chi connectivity index (χ0v) is 7.48. The first kappa shape index (κ1) is 8.91. The highest BCUT2D eigenvalue weighted by Crippen LogP contribution is 2.21. The molecule has 1 aliphatic rings. The summed E-state index contributed by atoms with van der Waals surface area (Å²) < 4.78 is 5.16. The van der Waals surface area contributed by atoms with Crippen molar-refractivity contribution in [1.29, 1.82) is 0 Å². The largest absolute Gasteiger partial charge is 0.462 e. The van der Waals surface area contributed by atoms with E-state index in [-0.39, 0.29) is 12.1 Å². The smallest absolute Gasteiger partial charge is 0.306 e. The molecule has 0 bridgehead atoms. The van der Waals surface area contributed by atoms with Gasteiger partial charge in [-0.15, -0.1) is 0 Å². The lowest BCUT2D eigenvalue weighted by molar-refractivity contribution is -0.148. The molecule has 64 valence electrons. The molecular formula is C8H14O2S. The van der Waals surface area contributed by atoms with E-state index in [9.17, 15) is 4.79 Å². The minimum atomic E-state index is -0.0908. The summed E-state index contributed by atoms with van der Waals surface area (Å²) in [7, 11) is 0. The number of ether oxygens (including phenoxy) is 1.